The van der Waals surface area contributed by atoms with Crippen LogP contribution in [0.2, 0.25) is 0 Å². The van der Waals surface area contributed by atoms with Crippen LogP contribution in [0, 0.1) is 0 Å². The van der Waals surface area contributed by atoms with Crippen molar-refractivity contribution in [3.63, 3.8) is 0 Å². The van der Waals surface area contributed by atoms with Crippen LogP contribution in [0.1, 0.15) is 56.8 Å². The molecule has 2 N–H and O–H groups in total. The second-order valence-corrected chi connectivity index (χ2v) is 8.60. The number of pyridine rings is 1. The molecule has 28 heavy (non-hydrogen) atoms. The number of likely N-dealkylation sites (tertiary alicyclic amines) is 1. The van der Waals surface area contributed by atoms with E-state index in [0.29, 0.717) is 22.2 Å². The number of carbonyl (C=O) groups excluding carboxylic acids is 2. The highest BCUT2D eigenvalue weighted by Crippen LogP contribution is 2.39. The number of hydrogen-bond donors (Lipinski definition) is 2. The lowest BCUT2D eigenvalue weighted by atomic mass is 9.94. The lowest BCUT2D eigenvalue weighted by molar-refractivity contribution is 0.0698. The summed E-state index contributed by atoms with van der Waals surface area (Å²) >= 11 is 1.57. The van der Waals surface area contributed by atoms with Crippen LogP contribution in [0.5, 0.6) is 0 Å². The van der Waals surface area contributed by atoms with Gasteiger partial charge in [0.15, 0.2) is 0 Å². The number of nitrogens with one attached hydrogen (secondary N) is 2. The third-order valence-electron chi connectivity index (χ3n) is 5.65. The quantitative estimate of drug-likeness (QED) is 0.830. The van der Waals surface area contributed by atoms with Crippen LogP contribution in [0.15, 0.2) is 24.5 Å². The van der Waals surface area contributed by atoms with Gasteiger partial charge in [-0.3, -0.25) is 14.6 Å². The van der Waals surface area contributed by atoms with Gasteiger partial charge in [-0.1, -0.05) is 0 Å². The van der Waals surface area contributed by atoms with Gasteiger partial charge in [-0.15, -0.1) is 11.3 Å². The van der Waals surface area contributed by atoms with E-state index in [1.54, 1.807) is 35.9 Å². The average Bonchev–Trinajstić information content (AvgIpc) is 3.11. The van der Waals surface area contributed by atoms with Crippen LogP contribution in [-0.2, 0) is 12.8 Å². The van der Waals surface area contributed by atoms with E-state index < -0.39 is 0 Å². The number of hydrogen-bond acceptors (Lipinski definition) is 5. The first kappa shape index (κ1) is 19.1. The van der Waals surface area contributed by atoms with Gasteiger partial charge < -0.3 is 15.5 Å². The minimum absolute atomic E-state index is 0.0563. The Balaban J connectivity index is 1.64. The smallest absolute Gasteiger partial charge is 0.257 e. The molecule has 2 amide bonds. The summed E-state index contributed by atoms with van der Waals surface area (Å²) in [7, 11) is 1.95. The fourth-order valence-electron chi connectivity index (χ4n) is 4.11. The zero-order chi connectivity index (χ0) is 19.5. The molecule has 2 aliphatic rings. The maximum atomic E-state index is 13.5. The monoisotopic (exact) mass is 398 g/mol. The van der Waals surface area contributed by atoms with E-state index in [2.05, 4.69) is 15.6 Å². The summed E-state index contributed by atoms with van der Waals surface area (Å²) in [6.45, 7) is 1.49. The molecule has 1 aliphatic carbocycles. The molecule has 1 fully saturated rings. The Morgan fingerprint density at radius 1 is 1.25 bits per heavy atom. The summed E-state index contributed by atoms with van der Waals surface area (Å²) in [4.78, 5) is 33.4. The summed E-state index contributed by atoms with van der Waals surface area (Å²) in [5.74, 6) is -0.159. The zero-order valence-electron chi connectivity index (χ0n) is 16.2. The molecule has 0 radical (unpaired) electrons. The van der Waals surface area contributed by atoms with Gasteiger partial charge in [-0.25, -0.2) is 0 Å². The highest BCUT2D eigenvalue weighted by molar-refractivity contribution is 7.17. The Morgan fingerprint density at radius 2 is 2.11 bits per heavy atom. The third-order valence-corrected chi connectivity index (χ3v) is 6.86. The number of piperidine rings is 1. The normalized spacial score (nSPS) is 19.2. The molecule has 2 aromatic rings. The second-order valence-electron chi connectivity index (χ2n) is 7.49. The number of amides is 2. The molecular formula is C21H26N4O2S. The zero-order valence-corrected chi connectivity index (χ0v) is 17.0. The van der Waals surface area contributed by atoms with Crippen molar-refractivity contribution in [2.75, 3.05) is 25.5 Å². The SMILES string of the molecule is CNC1CCCN(C(=O)c2c(NC(=O)c3cccnc3)sc3c2CCCC3)C1. The lowest BCUT2D eigenvalue weighted by Gasteiger charge is -2.33. The second kappa shape index (κ2) is 8.41. The molecule has 148 valence electrons. The van der Waals surface area contributed by atoms with Crippen molar-refractivity contribution >= 4 is 28.2 Å². The van der Waals surface area contributed by atoms with Crippen LogP contribution < -0.4 is 10.6 Å². The van der Waals surface area contributed by atoms with E-state index >= 15 is 0 Å². The fraction of sp³-hybridized carbons (Fsp3) is 0.476. The van der Waals surface area contributed by atoms with Gasteiger partial charge in [0.1, 0.15) is 5.00 Å². The Hall–Kier alpha value is -2.25. The molecule has 1 saturated heterocycles. The van der Waals surface area contributed by atoms with Crippen LogP contribution >= 0.6 is 11.3 Å². The molecule has 1 aliphatic heterocycles. The number of aromatic nitrogens is 1. The number of carbonyl (C=O) groups is 2. The van der Waals surface area contributed by atoms with Gasteiger partial charge in [-0.05, 0) is 63.3 Å². The van der Waals surface area contributed by atoms with Crippen LogP contribution in [0.3, 0.4) is 0 Å². The van der Waals surface area contributed by atoms with Gasteiger partial charge in [-0.2, -0.15) is 0 Å². The predicted octanol–water partition coefficient (Wildman–Crippen LogP) is 3.10. The van der Waals surface area contributed by atoms with Gasteiger partial charge in [0, 0.05) is 36.4 Å². The van der Waals surface area contributed by atoms with E-state index in [1.807, 2.05) is 11.9 Å². The van der Waals surface area contributed by atoms with Crippen molar-refractivity contribution in [1.82, 2.24) is 15.2 Å². The fourth-order valence-corrected chi connectivity index (χ4v) is 5.38. The molecule has 6 nitrogen and oxygen atoms in total. The molecule has 1 atom stereocenters. The van der Waals surface area contributed by atoms with E-state index in [4.69, 9.17) is 0 Å². The average molecular weight is 399 g/mol. The number of likely N-dealkylation sites (N-methyl/N-ethyl adjacent to an activating group) is 1. The molecule has 0 aromatic carbocycles. The topological polar surface area (TPSA) is 74.3 Å². The number of nitrogens with zero attached hydrogens (tertiary/aromatic N) is 2. The van der Waals surface area contributed by atoms with Crippen LogP contribution in [0.4, 0.5) is 5.00 Å². The summed E-state index contributed by atoms with van der Waals surface area (Å²) in [6, 6.07) is 3.81. The first-order chi connectivity index (χ1) is 13.7. The first-order valence-electron chi connectivity index (χ1n) is 10.00. The number of anilines is 1. The van der Waals surface area contributed by atoms with Crippen molar-refractivity contribution in [1.29, 1.82) is 0 Å². The summed E-state index contributed by atoms with van der Waals surface area (Å²) in [5.41, 5.74) is 2.36. The molecule has 0 saturated carbocycles. The highest BCUT2D eigenvalue weighted by atomic mass is 32.1. The highest BCUT2D eigenvalue weighted by Gasteiger charge is 2.31. The van der Waals surface area contributed by atoms with Crippen LogP contribution in [0.25, 0.3) is 0 Å². The van der Waals surface area contributed by atoms with Crippen molar-refractivity contribution in [2.45, 2.75) is 44.6 Å². The third kappa shape index (κ3) is 3.82. The summed E-state index contributed by atoms with van der Waals surface area (Å²) in [5, 5.41) is 6.99. The van der Waals surface area contributed by atoms with Gasteiger partial charge >= 0.3 is 0 Å². The molecule has 2 aromatic heterocycles. The van der Waals surface area contributed by atoms with Crippen molar-refractivity contribution in [2.24, 2.45) is 0 Å². The predicted molar refractivity (Wildman–Crippen MR) is 111 cm³/mol. The van der Waals surface area contributed by atoms with E-state index in [-0.39, 0.29) is 11.8 Å². The Labute approximate surface area is 169 Å². The number of thiophene rings is 1. The van der Waals surface area contributed by atoms with Crippen molar-refractivity contribution in [3.05, 3.63) is 46.1 Å². The molecule has 0 bridgehead atoms. The largest absolute Gasteiger partial charge is 0.337 e. The molecule has 4 rings (SSSR count). The van der Waals surface area contributed by atoms with Gasteiger partial charge in [0.25, 0.3) is 11.8 Å². The molecule has 3 heterocycles. The van der Waals surface area contributed by atoms with E-state index in [0.717, 1.165) is 57.2 Å². The minimum Gasteiger partial charge on any atom is -0.337 e. The van der Waals surface area contributed by atoms with E-state index in [9.17, 15) is 9.59 Å². The Morgan fingerprint density at radius 3 is 2.89 bits per heavy atom. The van der Waals surface area contributed by atoms with Crippen molar-refractivity contribution < 1.29 is 9.59 Å². The van der Waals surface area contributed by atoms with E-state index in [1.165, 1.54) is 4.88 Å². The Bertz CT molecular complexity index is 865. The molecule has 0 spiro atoms. The first-order valence-corrected chi connectivity index (χ1v) is 10.8. The molecular weight excluding hydrogens is 372 g/mol. The lowest BCUT2D eigenvalue weighted by Crippen LogP contribution is -2.47. The van der Waals surface area contributed by atoms with Crippen molar-refractivity contribution in [3.8, 4) is 0 Å². The number of aryl methyl sites for hydroxylation is 1. The number of fused-ring (bicyclic) bond motifs is 1. The van der Waals surface area contributed by atoms with Gasteiger partial charge in [0.05, 0.1) is 11.1 Å². The number of rotatable bonds is 4. The maximum absolute atomic E-state index is 13.5. The standard InChI is InChI=1S/C21H26N4O2S/c1-22-15-7-5-11-25(13-15)21(27)18-16-8-2-3-9-17(16)28-20(18)24-19(26)14-6-4-10-23-12-14/h4,6,10,12,15,22H,2-3,5,7-9,11,13H2,1H3,(H,24,26). The minimum atomic E-state index is -0.215. The summed E-state index contributed by atoms with van der Waals surface area (Å²) < 4.78 is 0. The Kier molecular flexibility index (Phi) is 5.73. The summed E-state index contributed by atoms with van der Waals surface area (Å²) in [6.07, 6.45) is 9.42. The van der Waals surface area contributed by atoms with Crippen LogP contribution in [-0.4, -0.2) is 47.9 Å². The van der Waals surface area contributed by atoms with Gasteiger partial charge in [0.2, 0.25) is 0 Å². The molecule has 7 heteroatoms. The maximum Gasteiger partial charge on any atom is 0.257 e. The molecule has 1 unspecified atom stereocenters.